The average Bonchev–Trinajstić information content (AvgIpc) is 3.42. The minimum absolute atomic E-state index is 0.112. The van der Waals surface area contributed by atoms with E-state index in [0.29, 0.717) is 60.6 Å². The number of amides is 1. The summed E-state index contributed by atoms with van der Waals surface area (Å²) >= 11 is 13.0. The largest absolute Gasteiger partial charge is 0.491 e. The Bertz CT molecular complexity index is 1720. The number of piperazine rings is 1. The van der Waals surface area contributed by atoms with E-state index in [1.54, 1.807) is 25.1 Å². The third-order valence-electron chi connectivity index (χ3n) is 8.83. The molecule has 1 unspecified atom stereocenters. The highest BCUT2D eigenvalue weighted by Crippen LogP contribution is 2.40. The molecule has 0 aliphatic carbocycles. The predicted octanol–water partition coefficient (Wildman–Crippen LogP) is 6.18. The van der Waals surface area contributed by atoms with E-state index in [1.165, 1.54) is 6.92 Å². The molecule has 3 atom stereocenters. The second-order valence-electron chi connectivity index (χ2n) is 12.5. The first-order chi connectivity index (χ1) is 24.0. The summed E-state index contributed by atoms with van der Waals surface area (Å²) in [5.41, 5.74) is 3.53. The van der Waals surface area contributed by atoms with E-state index >= 15 is 0 Å². The van der Waals surface area contributed by atoms with E-state index in [4.69, 9.17) is 43.5 Å². The number of hydrogen-bond donors (Lipinski definition) is 0. The average molecular weight is 711 g/mol. The molecule has 6 rings (SSSR count). The van der Waals surface area contributed by atoms with Gasteiger partial charge in [0.15, 0.2) is 0 Å². The van der Waals surface area contributed by atoms with Crippen molar-refractivity contribution < 1.29 is 29.9 Å². The zero-order chi connectivity index (χ0) is 35.4. The Labute approximate surface area is 299 Å². The fourth-order valence-electron chi connectivity index (χ4n) is 6.32. The fraction of sp³-hybridized carbons (Fsp3) is 0.405. The van der Waals surface area contributed by atoms with Gasteiger partial charge in [-0.1, -0.05) is 41.4 Å². The topological polar surface area (TPSA) is 84.0 Å². The lowest BCUT2D eigenvalue weighted by Crippen LogP contribution is -2.50. The van der Waals surface area contributed by atoms with E-state index in [1.807, 2.05) is 76.5 Å². The molecule has 3 aromatic rings. The molecule has 0 radical (unpaired) electrons. The van der Waals surface area contributed by atoms with Crippen molar-refractivity contribution >= 4 is 40.8 Å². The van der Waals surface area contributed by atoms with E-state index in [0.717, 1.165) is 35.7 Å². The summed E-state index contributed by atoms with van der Waals surface area (Å²) in [5.74, 6) is -0.302. The molecule has 3 aliphatic heterocycles. The summed E-state index contributed by atoms with van der Waals surface area (Å²) in [4.78, 5) is 31.0. The lowest BCUT2D eigenvalue weighted by atomic mass is 10.0. The summed E-state index contributed by atoms with van der Waals surface area (Å²) in [7, 11) is 0. The summed E-state index contributed by atoms with van der Waals surface area (Å²) < 4.78 is 33.8. The van der Waals surface area contributed by atoms with Crippen molar-refractivity contribution in [2.24, 2.45) is 0 Å². The second-order valence-corrected chi connectivity index (χ2v) is 13.3. The van der Waals surface area contributed by atoms with Crippen LogP contribution in [0, 0.1) is 6.92 Å². The first-order valence-corrected chi connectivity index (χ1v) is 17.2. The van der Waals surface area contributed by atoms with Crippen molar-refractivity contribution in [3.63, 3.8) is 0 Å². The summed E-state index contributed by atoms with van der Waals surface area (Å²) in [5, 5.41) is 0.901. The van der Waals surface area contributed by atoms with Gasteiger partial charge in [-0.3, -0.25) is 9.59 Å². The molecule has 12 heteroatoms. The van der Waals surface area contributed by atoms with Gasteiger partial charge in [0.25, 0.3) is 0 Å². The number of halogens is 2. The van der Waals surface area contributed by atoms with Gasteiger partial charge in [0.05, 0.1) is 32.3 Å². The molecule has 260 valence electrons. The second kappa shape index (κ2) is 15.3. The standard InChI is InChI=1S/C37H42Cl2N4O6/c1-26-20-29(4-11-36(26)48-28(3)45)22-40-13-14-41(25-40)24-37(34-10-5-30(38)21-35(34)39)47-19-12-33(49-37)23-46-32-8-6-31(7-9-32)43-17-15-42(16-18-43)27(2)44/h4-11,13-14,20-21,33H,12,15-19,22-25H2,1-3H3/t33-,37-/m0/s1/i25D/t25?,33-,37-. The number of aryl methyl sites for hydroxylation is 1. The summed E-state index contributed by atoms with van der Waals surface area (Å²) in [6.07, 6.45) is 4.03. The zero-order valence-corrected chi connectivity index (χ0v) is 29.5. The van der Waals surface area contributed by atoms with Crippen molar-refractivity contribution in [1.82, 2.24) is 14.7 Å². The number of carbonyl (C=O) groups is 2. The number of anilines is 1. The van der Waals surface area contributed by atoms with Gasteiger partial charge in [-0.25, -0.2) is 0 Å². The van der Waals surface area contributed by atoms with Crippen LogP contribution in [-0.4, -0.2) is 85.3 Å². The number of carbonyl (C=O) groups excluding carboxylic acids is 2. The Morgan fingerprint density at radius 2 is 1.73 bits per heavy atom. The molecule has 1 amide bonds. The van der Waals surface area contributed by atoms with E-state index in [-0.39, 0.29) is 24.5 Å². The predicted molar refractivity (Wildman–Crippen MR) is 189 cm³/mol. The normalized spacial score (nSPS) is 22.7. The Kier molecular flexibility index (Phi) is 10.5. The molecule has 2 saturated heterocycles. The smallest absolute Gasteiger partial charge is 0.308 e. The van der Waals surface area contributed by atoms with E-state index in [9.17, 15) is 9.59 Å². The van der Waals surface area contributed by atoms with Crippen LogP contribution in [0.25, 0.3) is 0 Å². The highest BCUT2D eigenvalue weighted by Gasteiger charge is 2.44. The van der Waals surface area contributed by atoms with Crippen LogP contribution in [0.15, 0.2) is 73.1 Å². The maximum Gasteiger partial charge on any atom is 0.308 e. The van der Waals surface area contributed by atoms with Gasteiger partial charge in [0.2, 0.25) is 11.7 Å². The molecule has 3 heterocycles. The molecular weight excluding hydrogens is 667 g/mol. The first-order valence-electron chi connectivity index (χ1n) is 17.0. The van der Waals surface area contributed by atoms with Crippen molar-refractivity contribution in [2.45, 2.75) is 45.6 Å². The summed E-state index contributed by atoms with van der Waals surface area (Å²) in [6.45, 7) is 8.49. The highest BCUT2D eigenvalue weighted by atomic mass is 35.5. The van der Waals surface area contributed by atoms with Gasteiger partial charge < -0.3 is 38.5 Å². The van der Waals surface area contributed by atoms with Gasteiger partial charge >= 0.3 is 5.97 Å². The van der Waals surface area contributed by atoms with Crippen LogP contribution < -0.4 is 14.4 Å². The van der Waals surface area contributed by atoms with Crippen LogP contribution in [0.5, 0.6) is 11.5 Å². The molecular formula is C37H42Cl2N4O6. The summed E-state index contributed by atoms with van der Waals surface area (Å²) in [6, 6.07) is 18.8. The van der Waals surface area contributed by atoms with Crippen LogP contribution in [-0.2, 0) is 31.4 Å². The molecule has 3 aliphatic rings. The number of hydrogen-bond acceptors (Lipinski definition) is 9. The monoisotopic (exact) mass is 709 g/mol. The van der Waals surface area contributed by atoms with Crippen molar-refractivity contribution in [2.75, 3.05) is 57.5 Å². The molecule has 0 bridgehead atoms. The zero-order valence-electron chi connectivity index (χ0n) is 28.9. The van der Waals surface area contributed by atoms with Crippen LogP contribution in [0.1, 0.15) is 38.3 Å². The number of rotatable bonds is 10. The van der Waals surface area contributed by atoms with Crippen LogP contribution in [0.4, 0.5) is 5.69 Å². The molecule has 0 aromatic heterocycles. The number of nitrogens with zero attached hydrogens (tertiary/aromatic N) is 4. The Morgan fingerprint density at radius 1 is 0.980 bits per heavy atom. The molecule has 49 heavy (non-hydrogen) atoms. The maximum atomic E-state index is 11.7. The molecule has 3 aromatic carbocycles. The third kappa shape index (κ3) is 8.62. The molecule has 0 spiro atoms. The van der Waals surface area contributed by atoms with Gasteiger partial charge in [0.1, 0.15) is 18.1 Å². The molecule has 10 nitrogen and oxygen atoms in total. The van der Waals surface area contributed by atoms with E-state index in [2.05, 4.69) is 4.90 Å². The number of benzene rings is 3. The molecule has 2 fully saturated rings. The van der Waals surface area contributed by atoms with Gasteiger partial charge in [0, 0.05) is 81.7 Å². The Morgan fingerprint density at radius 3 is 2.43 bits per heavy atom. The van der Waals surface area contributed by atoms with Gasteiger partial charge in [-0.15, -0.1) is 0 Å². The minimum Gasteiger partial charge on any atom is -0.491 e. The van der Waals surface area contributed by atoms with Gasteiger partial charge in [-0.2, -0.15) is 0 Å². The third-order valence-corrected chi connectivity index (χ3v) is 9.38. The quantitative estimate of drug-likeness (QED) is 0.181. The minimum atomic E-state index is -1.29. The van der Waals surface area contributed by atoms with Crippen molar-refractivity contribution in [1.29, 1.82) is 0 Å². The number of esters is 1. The van der Waals surface area contributed by atoms with Crippen LogP contribution >= 0.6 is 23.2 Å². The van der Waals surface area contributed by atoms with Crippen LogP contribution in [0.2, 0.25) is 10.0 Å². The Balaban J connectivity index is 1.12. The maximum absolute atomic E-state index is 11.7. The van der Waals surface area contributed by atoms with Crippen molar-refractivity contribution in [3.05, 3.63) is 99.8 Å². The molecule has 0 N–H and O–H groups in total. The first kappa shape index (κ1) is 33.5. The number of ether oxygens (including phenoxy) is 4. The van der Waals surface area contributed by atoms with E-state index < -0.39 is 12.4 Å². The van der Waals surface area contributed by atoms with Gasteiger partial charge in [-0.05, 0) is 60.5 Å². The Hall–Kier alpha value is -3.96. The molecule has 0 saturated carbocycles. The SMILES string of the molecule is [2H]C1N(Cc2ccc(OC(C)=O)c(C)c2)C=CN1C[C@]1(c2ccc(Cl)cc2Cl)OCC[C@@H](COc2ccc(N3CCN(C(C)=O)CC3)cc2)O1. The highest BCUT2D eigenvalue weighted by molar-refractivity contribution is 6.35. The fourth-order valence-corrected chi connectivity index (χ4v) is 6.87. The lowest BCUT2D eigenvalue weighted by Gasteiger charge is -2.43. The van der Waals surface area contributed by atoms with Crippen molar-refractivity contribution in [3.8, 4) is 11.5 Å². The lowest BCUT2D eigenvalue weighted by molar-refractivity contribution is -0.310. The van der Waals surface area contributed by atoms with Crippen LogP contribution in [0.3, 0.4) is 0 Å².